The van der Waals surface area contributed by atoms with Crippen LogP contribution in [0.25, 0.3) is 11.3 Å². The number of carbonyl (C=O) groups is 1. The number of nitrogens with zero attached hydrogens (tertiary/aromatic N) is 2. The van der Waals surface area contributed by atoms with Crippen molar-refractivity contribution in [3.8, 4) is 22.8 Å². The van der Waals surface area contributed by atoms with Crippen LogP contribution in [0.2, 0.25) is 0 Å². The number of hydrogen-bond donors (Lipinski definition) is 2. The molecule has 1 amide bonds. The van der Waals surface area contributed by atoms with Crippen LogP contribution in [0.15, 0.2) is 24.3 Å². The molecule has 3 rings (SSSR count). The standard InChI is InChI=1S/C21H29N3O5S/c1-24-18(13-17(23-24)16-12-15(27-2)4-5-19(16)28-3)20(26)22-14-21(29-9-8-25)6-10-30-11-7-21/h4-5,12-13,25H,6-11,14H2,1-3H3,(H,22,26). The monoisotopic (exact) mass is 435 g/mol. The quantitative estimate of drug-likeness (QED) is 0.623. The lowest BCUT2D eigenvalue weighted by atomic mass is 9.96. The lowest BCUT2D eigenvalue weighted by Crippen LogP contribution is -2.48. The van der Waals surface area contributed by atoms with Gasteiger partial charge in [-0.05, 0) is 48.6 Å². The zero-order chi connectivity index (χ0) is 21.6. The second-order valence-corrected chi connectivity index (χ2v) is 8.38. The fourth-order valence-corrected chi connectivity index (χ4v) is 4.77. The molecular weight excluding hydrogens is 406 g/mol. The van der Waals surface area contributed by atoms with Gasteiger partial charge in [-0.25, -0.2) is 0 Å². The van der Waals surface area contributed by atoms with E-state index in [1.807, 2.05) is 30.0 Å². The molecule has 2 heterocycles. The second-order valence-electron chi connectivity index (χ2n) is 7.15. The van der Waals surface area contributed by atoms with Crippen molar-refractivity contribution in [3.05, 3.63) is 30.0 Å². The highest BCUT2D eigenvalue weighted by Crippen LogP contribution is 2.33. The number of aliphatic hydroxyl groups is 1. The molecule has 0 atom stereocenters. The largest absolute Gasteiger partial charge is 0.497 e. The molecule has 0 unspecified atom stereocenters. The van der Waals surface area contributed by atoms with Gasteiger partial charge >= 0.3 is 0 Å². The van der Waals surface area contributed by atoms with E-state index in [1.165, 1.54) is 0 Å². The fourth-order valence-electron chi connectivity index (χ4n) is 3.54. The maximum absolute atomic E-state index is 12.9. The molecule has 1 fully saturated rings. The average molecular weight is 436 g/mol. The Bertz CT molecular complexity index is 864. The third-order valence-electron chi connectivity index (χ3n) is 5.27. The van der Waals surface area contributed by atoms with Gasteiger partial charge in [-0.3, -0.25) is 9.48 Å². The van der Waals surface area contributed by atoms with Crippen molar-refractivity contribution in [3.63, 3.8) is 0 Å². The average Bonchev–Trinajstić information content (AvgIpc) is 3.18. The van der Waals surface area contributed by atoms with E-state index in [0.717, 1.165) is 29.9 Å². The fraction of sp³-hybridized carbons (Fsp3) is 0.524. The number of rotatable bonds is 9. The first-order valence-electron chi connectivity index (χ1n) is 9.89. The van der Waals surface area contributed by atoms with Crippen molar-refractivity contribution in [1.29, 1.82) is 0 Å². The summed E-state index contributed by atoms with van der Waals surface area (Å²) in [6, 6.07) is 7.20. The number of aromatic nitrogens is 2. The minimum atomic E-state index is -0.429. The van der Waals surface area contributed by atoms with Gasteiger partial charge in [-0.2, -0.15) is 16.9 Å². The molecule has 1 aromatic heterocycles. The third-order valence-corrected chi connectivity index (χ3v) is 6.26. The molecule has 0 aliphatic carbocycles. The van der Waals surface area contributed by atoms with Gasteiger partial charge in [0.05, 0.1) is 38.7 Å². The molecular formula is C21H29N3O5S. The first-order chi connectivity index (χ1) is 14.5. The zero-order valence-electron chi connectivity index (χ0n) is 17.6. The number of carbonyl (C=O) groups excluding carboxylic acids is 1. The number of nitrogens with one attached hydrogen (secondary N) is 1. The molecule has 2 N–H and O–H groups in total. The van der Waals surface area contributed by atoms with Crippen LogP contribution < -0.4 is 14.8 Å². The lowest BCUT2D eigenvalue weighted by molar-refractivity contribution is -0.0608. The summed E-state index contributed by atoms with van der Waals surface area (Å²) < 4.78 is 18.2. The smallest absolute Gasteiger partial charge is 0.269 e. The Labute approximate surface area is 180 Å². The molecule has 8 nitrogen and oxygen atoms in total. The van der Waals surface area contributed by atoms with Gasteiger partial charge in [-0.1, -0.05) is 0 Å². The highest BCUT2D eigenvalue weighted by Gasteiger charge is 2.34. The normalized spacial score (nSPS) is 15.6. The Hall–Kier alpha value is -2.23. The lowest BCUT2D eigenvalue weighted by Gasteiger charge is -2.37. The summed E-state index contributed by atoms with van der Waals surface area (Å²) in [5.41, 5.74) is 1.38. The van der Waals surface area contributed by atoms with Gasteiger partial charge in [0, 0.05) is 19.2 Å². The van der Waals surface area contributed by atoms with E-state index in [9.17, 15) is 4.79 Å². The van der Waals surface area contributed by atoms with E-state index < -0.39 is 5.60 Å². The number of thioether (sulfide) groups is 1. The summed E-state index contributed by atoms with van der Waals surface area (Å²) in [5.74, 6) is 3.07. The highest BCUT2D eigenvalue weighted by atomic mass is 32.2. The van der Waals surface area contributed by atoms with E-state index in [-0.39, 0.29) is 19.1 Å². The number of ether oxygens (including phenoxy) is 3. The molecule has 9 heteroatoms. The number of amides is 1. The molecule has 30 heavy (non-hydrogen) atoms. The zero-order valence-corrected chi connectivity index (χ0v) is 18.5. The molecule has 0 spiro atoms. The van der Waals surface area contributed by atoms with Crippen molar-refractivity contribution in [2.24, 2.45) is 7.05 Å². The SMILES string of the molecule is COc1ccc(OC)c(-c2cc(C(=O)NCC3(OCCO)CCSCC3)n(C)n2)c1. The van der Waals surface area contributed by atoms with Crippen LogP contribution in [-0.2, 0) is 11.8 Å². The minimum absolute atomic E-state index is 0.0314. The first-order valence-corrected chi connectivity index (χ1v) is 11.0. The van der Waals surface area contributed by atoms with Gasteiger partial charge in [-0.15, -0.1) is 0 Å². The summed E-state index contributed by atoms with van der Waals surface area (Å²) in [5, 5.41) is 16.6. The van der Waals surface area contributed by atoms with Crippen LogP contribution in [0.4, 0.5) is 0 Å². The van der Waals surface area contributed by atoms with Gasteiger partial charge in [0.15, 0.2) is 0 Å². The number of aliphatic hydroxyl groups excluding tert-OH is 1. The topological polar surface area (TPSA) is 94.8 Å². The summed E-state index contributed by atoms with van der Waals surface area (Å²) in [7, 11) is 4.93. The van der Waals surface area contributed by atoms with Gasteiger partial charge < -0.3 is 24.6 Å². The number of aryl methyl sites for hydroxylation is 1. The molecule has 0 saturated carbocycles. The summed E-state index contributed by atoms with van der Waals surface area (Å²) in [6.45, 7) is 0.637. The molecule has 164 valence electrons. The van der Waals surface area contributed by atoms with Crippen LogP contribution in [0.1, 0.15) is 23.3 Å². The third kappa shape index (κ3) is 5.08. The first kappa shape index (κ1) is 22.5. The predicted molar refractivity (Wildman–Crippen MR) is 116 cm³/mol. The Morgan fingerprint density at radius 2 is 2.03 bits per heavy atom. The van der Waals surface area contributed by atoms with E-state index in [0.29, 0.717) is 29.4 Å². The van der Waals surface area contributed by atoms with Crippen molar-refractivity contribution in [2.45, 2.75) is 18.4 Å². The van der Waals surface area contributed by atoms with E-state index in [2.05, 4.69) is 10.4 Å². The highest BCUT2D eigenvalue weighted by molar-refractivity contribution is 7.99. The van der Waals surface area contributed by atoms with Crippen molar-refractivity contribution < 1.29 is 24.1 Å². The van der Waals surface area contributed by atoms with E-state index in [1.54, 1.807) is 32.0 Å². The van der Waals surface area contributed by atoms with Gasteiger partial charge in [0.2, 0.25) is 0 Å². The van der Waals surface area contributed by atoms with Crippen molar-refractivity contribution in [2.75, 3.05) is 45.5 Å². The maximum atomic E-state index is 12.9. The Morgan fingerprint density at radius 1 is 1.27 bits per heavy atom. The van der Waals surface area contributed by atoms with Crippen LogP contribution in [-0.4, -0.2) is 71.9 Å². The molecule has 1 aliphatic heterocycles. The summed E-state index contributed by atoms with van der Waals surface area (Å²) in [4.78, 5) is 12.9. The van der Waals surface area contributed by atoms with Crippen LogP contribution in [0.5, 0.6) is 11.5 Å². The Kier molecular flexibility index (Phi) is 7.63. The Balaban J connectivity index is 1.77. The van der Waals surface area contributed by atoms with E-state index in [4.69, 9.17) is 19.3 Å². The molecule has 1 saturated heterocycles. The molecule has 1 aliphatic rings. The maximum Gasteiger partial charge on any atom is 0.269 e. The van der Waals surface area contributed by atoms with Crippen LogP contribution in [0.3, 0.4) is 0 Å². The Morgan fingerprint density at radius 3 is 2.70 bits per heavy atom. The minimum Gasteiger partial charge on any atom is -0.497 e. The predicted octanol–water partition coefficient (Wildman–Crippen LogP) is 2.11. The molecule has 1 aromatic carbocycles. The second kappa shape index (κ2) is 10.2. The van der Waals surface area contributed by atoms with Crippen molar-refractivity contribution in [1.82, 2.24) is 15.1 Å². The van der Waals surface area contributed by atoms with Crippen LogP contribution in [0, 0.1) is 0 Å². The summed E-state index contributed by atoms with van der Waals surface area (Å²) in [6.07, 6.45) is 1.69. The number of methoxy groups -OCH3 is 2. The van der Waals surface area contributed by atoms with Gasteiger partial charge in [0.1, 0.15) is 17.2 Å². The van der Waals surface area contributed by atoms with Crippen molar-refractivity contribution >= 4 is 17.7 Å². The molecule has 0 bridgehead atoms. The van der Waals surface area contributed by atoms with Crippen LogP contribution >= 0.6 is 11.8 Å². The number of hydrogen-bond acceptors (Lipinski definition) is 7. The number of benzene rings is 1. The molecule has 0 radical (unpaired) electrons. The van der Waals surface area contributed by atoms with E-state index >= 15 is 0 Å². The van der Waals surface area contributed by atoms with Gasteiger partial charge in [0.25, 0.3) is 5.91 Å². The summed E-state index contributed by atoms with van der Waals surface area (Å²) >= 11 is 1.88. The molecule has 2 aromatic rings.